The molecule has 3 aliphatic heterocycles. The van der Waals surface area contributed by atoms with E-state index < -0.39 is 0 Å². The average Bonchev–Trinajstić information content (AvgIpc) is 2.64. The van der Waals surface area contributed by atoms with Gasteiger partial charge in [0.2, 0.25) is 11.4 Å². The van der Waals surface area contributed by atoms with Gasteiger partial charge in [-0.1, -0.05) is 36.8 Å². The molecule has 8 heteroatoms. The van der Waals surface area contributed by atoms with Crippen molar-refractivity contribution in [3.8, 4) is 11.5 Å². The number of fused-ring (bicyclic) bond motifs is 1. The molecule has 0 saturated carbocycles. The van der Waals surface area contributed by atoms with Crippen LogP contribution in [0.2, 0.25) is 0 Å². The predicted octanol–water partition coefficient (Wildman–Crippen LogP) is 1.80. The summed E-state index contributed by atoms with van der Waals surface area (Å²) in [7, 11) is 0. The van der Waals surface area contributed by atoms with Crippen molar-refractivity contribution in [1.29, 1.82) is 5.41 Å². The van der Waals surface area contributed by atoms with Crippen molar-refractivity contribution < 1.29 is 5.21 Å². The second-order valence-corrected chi connectivity index (χ2v) is 6.57. The van der Waals surface area contributed by atoms with Gasteiger partial charge in [-0.05, 0) is 24.9 Å². The number of benzene rings is 1. The molecule has 0 aliphatic carbocycles. The molecule has 0 radical (unpaired) electrons. The summed E-state index contributed by atoms with van der Waals surface area (Å²) >= 11 is 0. The van der Waals surface area contributed by atoms with Crippen LogP contribution in [-0.4, -0.2) is 36.3 Å². The Labute approximate surface area is 150 Å². The number of piperidine rings is 1. The molecule has 1 atom stereocenters. The predicted molar refractivity (Wildman–Crippen MR) is 95.3 cm³/mol. The quantitative estimate of drug-likeness (QED) is 0.620. The lowest BCUT2D eigenvalue weighted by atomic mass is 9.95. The maximum absolute atomic E-state index is 10.2. The molecule has 3 aliphatic rings. The fourth-order valence-corrected chi connectivity index (χ4v) is 3.62. The van der Waals surface area contributed by atoms with E-state index in [2.05, 4.69) is 44.1 Å². The Morgan fingerprint density at radius 3 is 2.77 bits per heavy atom. The van der Waals surface area contributed by atoms with Crippen molar-refractivity contribution in [2.45, 2.75) is 31.8 Å². The van der Waals surface area contributed by atoms with E-state index in [-0.39, 0.29) is 17.3 Å². The summed E-state index contributed by atoms with van der Waals surface area (Å²) < 4.78 is 0.884. The first-order valence-corrected chi connectivity index (χ1v) is 8.70. The number of nitrogens with one attached hydrogen (secondary N) is 1. The summed E-state index contributed by atoms with van der Waals surface area (Å²) in [6.07, 6.45) is 4.98. The minimum absolute atomic E-state index is 0.0999. The second kappa shape index (κ2) is 6.72. The van der Waals surface area contributed by atoms with Crippen LogP contribution >= 0.6 is 0 Å². The number of likely N-dealkylation sites (tertiary alicyclic amines) is 1. The highest BCUT2D eigenvalue weighted by molar-refractivity contribution is 5.63. The topological polar surface area (TPSA) is 117 Å². The van der Waals surface area contributed by atoms with Crippen LogP contribution in [0.15, 0.2) is 36.5 Å². The van der Waals surface area contributed by atoms with Crippen LogP contribution in [0.4, 0.5) is 5.82 Å². The Hall–Kier alpha value is -3.00. The van der Waals surface area contributed by atoms with E-state index in [0.717, 1.165) is 24.1 Å². The first-order valence-electron chi connectivity index (χ1n) is 8.70. The number of aromatic nitrogens is 4. The van der Waals surface area contributed by atoms with Crippen molar-refractivity contribution in [2.75, 3.05) is 12.3 Å². The van der Waals surface area contributed by atoms with Crippen LogP contribution in [0.3, 0.4) is 0 Å². The highest BCUT2D eigenvalue weighted by Crippen LogP contribution is 2.32. The zero-order chi connectivity index (χ0) is 18.1. The van der Waals surface area contributed by atoms with Crippen LogP contribution in [-0.2, 0) is 6.54 Å². The first kappa shape index (κ1) is 16.5. The van der Waals surface area contributed by atoms with Crippen LogP contribution in [0.1, 0.15) is 36.6 Å². The highest BCUT2D eigenvalue weighted by Gasteiger charge is 2.25. The summed E-state index contributed by atoms with van der Waals surface area (Å²) in [6, 6.07) is 10.8. The molecule has 1 aromatic rings. The Morgan fingerprint density at radius 1 is 1.15 bits per heavy atom. The van der Waals surface area contributed by atoms with Gasteiger partial charge in [0.05, 0.1) is 11.9 Å². The number of nitrogens with two attached hydrogens (primary N) is 1. The van der Waals surface area contributed by atoms with E-state index in [1.807, 2.05) is 6.07 Å². The molecule has 0 bridgehead atoms. The van der Waals surface area contributed by atoms with Gasteiger partial charge >= 0.3 is 0 Å². The lowest BCUT2D eigenvalue weighted by molar-refractivity contribution is 0.135. The maximum atomic E-state index is 10.2. The molecule has 0 aromatic heterocycles. The van der Waals surface area contributed by atoms with Crippen molar-refractivity contribution in [3.05, 3.63) is 53.4 Å². The van der Waals surface area contributed by atoms with Crippen molar-refractivity contribution in [3.63, 3.8) is 0 Å². The van der Waals surface area contributed by atoms with Gasteiger partial charge in [-0.25, -0.2) is 4.98 Å². The first-order chi connectivity index (χ1) is 12.6. The molecule has 26 heavy (non-hydrogen) atoms. The number of hydrogen-bond donors (Lipinski definition) is 3. The fourth-order valence-electron chi connectivity index (χ4n) is 3.62. The van der Waals surface area contributed by atoms with Gasteiger partial charge in [-0.3, -0.25) is 10.3 Å². The maximum Gasteiger partial charge on any atom is 0.246 e. The highest BCUT2D eigenvalue weighted by atomic mass is 16.5. The zero-order valence-corrected chi connectivity index (χ0v) is 14.3. The molecule has 0 spiro atoms. The summed E-state index contributed by atoms with van der Waals surface area (Å²) in [6.45, 7) is 1.57. The molecule has 1 aromatic carbocycles. The third-order valence-electron chi connectivity index (χ3n) is 4.80. The third kappa shape index (κ3) is 3.11. The van der Waals surface area contributed by atoms with E-state index >= 15 is 0 Å². The van der Waals surface area contributed by atoms with Crippen molar-refractivity contribution >= 4 is 5.82 Å². The summed E-state index contributed by atoms with van der Waals surface area (Å²) in [5, 5.41) is 17.8. The molecule has 8 nitrogen and oxygen atoms in total. The standard InChI is InChI=1S/C18H21N7O/c19-16-15-17(23-18(20)22-16)25(26)11-13(21-15)10-24-9-5-4-8-14(24)12-6-2-1-3-7-12/h1-3,6-7,11,14,26H,4-5,8-10H2,(H3,19,20,22). The Morgan fingerprint density at radius 2 is 1.96 bits per heavy atom. The molecule has 134 valence electrons. The number of anilines is 1. The molecule has 1 fully saturated rings. The van der Waals surface area contributed by atoms with Crippen LogP contribution in [0.25, 0.3) is 11.5 Å². The second-order valence-electron chi connectivity index (χ2n) is 6.57. The smallest absolute Gasteiger partial charge is 0.246 e. The Bertz CT molecular complexity index is 940. The largest absolute Gasteiger partial charge is 0.427 e. The number of nitrogens with zero attached hydrogens (tertiary/aromatic N) is 5. The van der Waals surface area contributed by atoms with Crippen LogP contribution in [0, 0.1) is 5.41 Å². The number of rotatable bonds is 3. The fraction of sp³-hybridized carbons (Fsp3) is 0.333. The third-order valence-corrected chi connectivity index (χ3v) is 4.80. The van der Waals surface area contributed by atoms with Gasteiger partial charge in [-0.2, -0.15) is 14.7 Å². The van der Waals surface area contributed by atoms with E-state index in [1.165, 1.54) is 18.2 Å². The molecule has 1 saturated heterocycles. The summed E-state index contributed by atoms with van der Waals surface area (Å²) in [5.41, 5.74) is 7.93. The van der Waals surface area contributed by atoms with E-state index in [0.29, 0.717) is 24.0 Å². The minimum Gasteiger partial charge on any atom is -0.427 e. The molecule has 1 unspecified atom stereocenters. The Kier molecular flexibility index (Phi) is 4.26. The van der Waals surface area contributed by atoms with E-state index in [1.54, 1.807) is 0 Å². The van der Waals surface area contributed by atoms with Gasteiger partial charge < -0.3 is 10.9 Å². The monoisotopic (exact) mass is 351 g/mol. The SMILES string of the molecule is N=c1nc(N)c2nc(CN3CCCCC3c3ccccc3)cn(O)c-2n1. The molecule has 0 amide bonds. The Balaban J connectivity index is 1.67. The molecule has 4 N–H and O–H groups in total. The van der Waals surface area contributed by atoms with Gasteiger partial charge in [0.25, 0.3) is 0 Å². The normalized spacial score (nSPS) is 18.2. The minimum atomic E-state index is -0.243. The van der Waals surface area contributed by atoms with Crippen LogP contribution < -0.4 is 11.4 Å². The molecule has 4 rings (SSSR count). The van der Waals surface area contributed by atoms with Gasteiger partial charge in [-0.15, -0.1) is 0 Å². The lowest BCUT2D eigenvalue weighted by Gasteiger charge is -2.36. The number of nitrogen functional groups attached to an aromatic ring is 1. The van der Waals surface area contributed by atoms with Crippen LogP contribution in [0.5, 0.6) is 0 Å². The number of hydrogen-bond acceptors (Lipinski definition) is 7. The van der Waals surface area contributed by atoms with Gasteiger partial charge in [0.1, 0.15) is 0 Å². The van der Waals surface area contributed by atoms with Crippen molar-refractivity contribution in [2.24, 2.45) is 0 Å². The van der Waals surface area contributed by atoms with Crippen molar-refractivity contribution in [1.82, 2.24) is 24.6 Å². The lowest BCUT2D eigenvalue weighted by Crippen LogP contribution is -2.33. The van der Waals surface area contributed by atoms with Gasteiger partial charge in [0.15, 0.2) is 11.5 Å². The summed E-state index contributed by atoms with van der Waals surface area (Å²) in [5.74, 6) is 0.243. The summed E-state index contributed by atoms with van der Waals surface area (Å²) in [4.78, 5) is 14.6. The average molecular weight is 351 g/mol. The van der Waals surface area contributed by atoms with Gasteiger partial charge in [0, 0.05) is 12.6 Å². The zero-order valence-electron chi connectivity index (χ0n) is 14.3. The van der Waals surface area contributed by atoms with E-state index in [9.17, 15) is 5.21 Å². The molecular formula is C18H21N7O. The van der Waals surface area contributed by atoms with E-state index in [4.69, 9.17) is 11.1 Å². The molecule has 3 heterocycles. The molecular weight excluding hydrogens is 330 g/mol.